The minimum Gasteiger partial charge on any atom is -0.378 e. The van der Waals surface area contributed by atoms with E-state index in [0.717, 1.165) is 6.42 Å². The molecule has 2 rings (SSSR count). The summed E-state index contributed by atoms with van der Waals surface area (Å²) in [5.41, 5.74) is 0.875. The average Bonchev–Trinajstić information content (AvgIpc) is 3.03. The van der Waals surface area contributed by atoms with Gasteiger partial charge in [-0.05, 0) is 48.9 Å². The predicted octanol–water partition coefficient (Wildman–Crippen LogP) is 6.73. The second-order valence-electron chi connectivity index (χ2n) is 11.3. The zero-order valence-corrected chi connectivity index (χ0v) is 21.2. The van der Waals surface area contributed by atoms with Crippen LogP contribution in [0.2, 0.25) is 0 Å². The molecule has 0 saturated carbocycles. The summed E-state index contributed by atoms with van der Waals surface area (Å²) in [5.74, 6) is 1.14. The molecule has 0 spiro atoms. The van der Waals surface area contributed by atoms with Crippen molar-refractivity contribution in [3.05, 3.63) is 0 Å². The lowest BCUT2D eigenvalue weighted by atomic mass is 9.69. The normalized spacial score (nSPS) is 38.2. The Kier molecular flexibility index (Phi) is 8.65. The summed E-state index contributed by atoms with van der Waals surface area (Å²) in [5, 5.41) is 0. The van der Waals surface area contributed by atoms with E-state index >= 15 is 0 Å². The summed E-state index contributed by atoms with van der Waals surface area (Å²) in [6.45, 7) is 27.2. The van der Waals surface area contributed by atoms with Gasteiger partial charge in [0.2, 0.25) is 0 Å². The minimum atomic E-state index is 0.228. The van der Waals surface area contributed by atoms with Gasteiger partial charge in [-0.1, -0.05) is 69.2 Å². The molecule has 0 radical (unpaired) electrons. The van der Waals surface area contributed by atoms with E-state index in [9.17, 15) is 0 Å². The molecule has 2 saturated heterocycles. The van der Waals surface area contributed by atoms with Crippen molar-refractivity contribution < 1.29 is 14.2 Å². The van der Waals surface area contributed by atoms with Gasteiger partial charge in [-0.2, -0.15) is 0 Å². The van der Waals surface area contributed by atoms with E-state index in [2.05, 4.69) is 83.1 Å². The van der Waals surface area contributed by atoms with Gasteiger partial charge in [0.1, 0.15) is 0 Å². The SMILES string of the molecule is CCC(C)(C)[C@H]1OC(C)C(C)(C)C1C.CCC(C)(C)[C@H]1OC(C)C(OC)C1C. The van der Waals surface area contributed by atoms with Crippen LogP contribution in [0.4, 0.5) is 0 Å². The van der Waals surface area contributed by atoms with Crippen LogP contribution >= 0.6 is 0 Å². The van der Waals surface area contributed by atoms with Crippen LogP contribution in [0.25, 0.3) is 0 Å². The first-order valence-corrected chi connectivity index (χ1v) is 11.5. The zero-order valence-electron chi connectivity index (χ0n) is 21.2. The zero-order chi connectivity index (χ0) is 22.1. The standard InChI is InChI=1S/C13H26O.C12H24O2/c1-8-12(4,5)11-9(2)13(6,7)10(3)14-11;1-7-12(4,5)11-8(2)10(13-6)9(3)14-11/h9-11H,8H2,1-7H3;8-11H,7H2,1-6H3/t9?,10?,11-;8?,9?,10?,11-/m00/s1. The molecule has 0 aromatic heterocycles. The van der Waals surface area contributed by atoms with Crippen LogP contribution in [0, 0.1) is 28.1 Å². The maximum Gasteiger partial charge on any atom is 0.0880 e. The lowest BCUT2D eigenvalue weighted by Crippen LogP contribution is -2.35. The molecule has 0 aromatic rings. The summed E-state index contributed by atoms with van der Waals surface area (Å²) in [4.78, 5) is 0. The maximum atomic E-state index is 6.14. The number of hydrogen-bond donors (Lipinski definition) is 0. The van der Waals surface area contributed by atoms with Gasteiger partial charge < -0.3 is 14.2 Å². The highest BCUT2D eigenvalue weighted by atomic mass is 16.6. The van der Waals surface area contributed by atoms with Crippen molar-refractivity contribution in [2.45, 2.75) is 126 Å². The Labute approximate surface area is 176 Å². The second-order valence-corrected chi connectivity index (χ2v) is 11.3. The van der Waals surface area contributed by atoms with Crippen LogP contribution in [0.15, 0.2) is 0 Å². The molecular weight excluding hydrogens is 348 g/mol. The molecule has 0 N–H and O–H groups in total. The summed E-state index contributed by atoms with van der Waals surface area (Å²) in [6, 6.07) is 0. The molecule has 3 nitrogen and oxygen atoms in total. The number of methoxy groups -OCH3 is 1. The molecule has 3 heteroatoms. The van der Waals surface area contributed by atoms with E-state index in [1.54, 1.807) is 7.11 Å². The highest BCUT2D eigenvalue weighted by Crippen LogP contribution is 2.49. The summed E-state index contributed by atoms with van der Waals surface area (Å²) < 4.78 is 17.6. The number of rotatable bonds is 5. The highest BCUT2D eigenvalue weighted by Gasteiger charge is 2.50. The van der Waals surface area contributed by atoms with Gasteiger partial charge in [0.15, 0.2) is 0 Å². The lowest BCUT2D eigenvalue weighted by Gasteiger charge is -2.35. The van der Waals surface area contributed by atoms with Crippen molar-refractivity contribution >= 4 is 0 Å². The van der Waals surface area contributed by atoms with Crippen LogP contribution in [0.5, 0.6) is 0 Å². The summed E-state index contributed by atoms with van der Waals surface area (Å²) in [6.07, 6.45) is 3.94. The molecule has 2 aliphatic heterocycles. The Bertz CT molecular complexity index is 482. The Morgan fingerprint density at radius 1 is 0.821 bits per heavy atom. The quantitative estimate of drug-likeness (QED) is 0.513. The van der Waals surface area contributed by atoms with Crippen molar-refractivity contribution in [3.63, 3.8) is 0 Å². The molecule has 2 fully saturated rings. The Morgan fingerprint density at radius 3 is 1.61 bits per heavy atom. The monoisotopic (exact) mass is 398 g/mol. The van der Waals surface area contributed by atoms with Gasteiger partial charge in [-0.15, -0.1) is 0 Å². The third kappa shape index (κ3) is 5.13. The van der Waals surface area contributed by atoms with Gasteiger partial charge in [0.05, 0.1) is 30.5 Å². The number of hydrogen-bond acceptors (Lipinski definition) is 3. The van der Waals surface area contributed by atoms with Gasteiger partial charge in [0.25, 0.3) is 0 Å². The second kappa shape index (κ2) is 9.35. The number of ether oxygens (including phenoxy) is 3. The van der Waals surface area contributed by atoms with Gasteiger partial charge in [-0.3, -0.25) is 0 Å². The molecule has 0 aromatic carbocycles. The smallest absolute Gasteiger partial charge is 0.0880 e. The van der Waals surface area contributed by atoms with E-state index in [1.165, 1.54) is 6.42 Å². The van der Waals surface area contributed by atoms with Crippen molar-refractivity contribution in [1.29, 1.82) is 0 Å². The molecule has 168 valence electrons. The Morgan fingerprint density at radius 2 is 1.29 bits per heavy atom. The van der Waals surface area contributed by atoms with Crippen molar-refractivity contribution in [3.8, 4) is 0 Å². The summed E-state index contributed by atoms with van der Waals surface area (Å²) >= 11 is 0. The third-order valence-electron chi connectivity index (χ3n) is 8.48. The summed E-state index contributed by atoms with van der Waals surface area (Å²) in [7, 11) is 1.78. The molecule has 5 unspecified atom stereocenters. The fourth-order valence-electron chi connectivity index (χ4n) is 4.87. The van der Waals surface area contributed by atoms with E-state index < -0.39 is 0 Å². The predicted molar refractivity (Wildman–Crippen MR) is 120 cm³/mol. The van der Waals surface area contributed by atoms with Gasteiger partial charge in [-0.25, -0.2) is 0 Å². The Balaban J connectivity index is 0.000000280. The lowest BCUT2D eigenvalue weighted by molar-refractivity contribution is -0.0376. The van der Waals surface area contributed by atoms with Crippen molar-refractivity contribution in [1.82, 2.24) is 0 Å². The van der Waals surface area contributed by atoms with E-state index in [1.807, 2.05) is 0 Å². The minimum absolute atomic E-state index is 0.228. The van der Waals surface area contributed by atoms with Gasteiger partial charge >= 0.3 is 0 Å². The van der Waals surface area contributed by atoms with E-state index in [0.29, 0.717) is 41.0 Å². The van der Waals surface area contributed by atoms with Crippen molar-refractivity contribution in [2.75, 3.05) is 7.11 Å². The molecule has 28 heavy (non-hydrogen) atoms. The van der Waals surface area contributed by atoms with Crippen LogP contribution in [-0.4, -0.2) is 37.6 Å². The topological polar surface area (TPSA) is 27.7 Å². The molecule has 0 bridgehead atoms. The Hall–Kier alpha value is -0.120. The molecule has 2 aliphatic rings. The fraction of sp³-hybridized carbons (Fsp3) is 1.00. The first kappa shape index (κ1) is 25.9. The van der Waals surface area contributed by atoms with Crippen molar-refractivity contribution in [2.24, 2.45) is 28.1 Å². The van der Waals surface area contributed by atoms with Crippen LogP contribution in [0.3, 0.4) is 0 Å². The maximum absolute atomic E-state index is 6.14. The fourth-order valence-corrected chi connectivity index (χ4v) is 4.87. The van der Waals surface area contributed by atoms with Crippen LogP contribution in [0.1, 0.15) is 95.9 Å². The van der Waals surface area contributed by atoms with E-state index in [-0.39, 0.29) is 17.6 Å². The van der Waals surface area contributed by atoms with E-state index in [4.69, 9.17) is 14.2 Å². The van der Waals surface area contributed by atoms with Crippen LogP contribution in [-0.2, 0) is 14.2 Å². The molecule has 7 atom stereocenters. The van der Waals surface area contributed by atoms with Crippen LogP contribution < -0.4 is 0 Å². The first-order valence-electron chi connectivity index (χ1n) is 11.5. The van der Waals surface area contributed by atoms with Gasteiger partial charge in [0, 0.05) is 13.0 Å². The third-order valence-corrected chi connectivity index (χ3v) is 8.48. The molecule has 0 amide bonds. The largest absolute Gasteiger partial charge is 0.378 e. The molecular formula is C25H50O3. The first-order chi connectivity index (χ1) is 12.7. The molecule has 0 aliphatic carbocycles. The molecule has 2 heterocycles. The average molecular weight is 399 g/mol. The highest BCUT2D eigenvalue weighted by molar-refractivity contribution is 4.98.